The molecule has 0 atom stereocenters. The molecule has 7 nitrogen and oxygen atoms in total. The highest BCUT2D eigenvalue weighted by Gasteiger charge is 2.42. The summed E-state index contributed by atoms with van der Waals surface area (Å²) in [7, 11) is 0. The van der Waals surface area contributed by atoms with Crippen molar-refractivity contribution in [3.63, 3.8) is 0 Å². The quantitative estimate of drug-likeness (QED) is 0.351. The normalized spacial score (nSPS) is 14.6. The fraction of sp³-hybridized carbons (Fsp3) is 0.259. The third-order valence-corrected chi connectivity index (χ3v) is 7.00. The first-order chi connectivity index (χ1) is 16.9. The van der Waals surface area contributed by atoms with Gasteiger partial charge >= 0.3 is 0 Å². The minimum Gasteiger partial charge on any atom is -0.439 e. The molecule has 1 amide bonds. The maximum atomic E-state index is 13.4. The average molecular weight is 488 g/mol. The zero-order valence-corrected chi connectivity index (χ0v) is 20.4. The van der Waals surface area contributed by atoms with Gasteiger partial charge in [-0.05, 0) is 68.7 Å². The van der Waals surface area contributed by atoms with Crippen LogP contribution in [-0.2, 0) is 10.2 Å². The van der Waals surface area contributed by atoms with E-state index in [1.165, 1.54) is 6.33 Å². The van der Waals surface area contributed by atoms with Crippen LogP contribution in [0.1, 0.15) is 42.6 Å². The van der Waals surface area contributed by atoms with E-state index in [1.54, 1.807) is 12.4 Å². The van der Waals surface area contributed by atoms with Crippen LogP contribution in [0.5, 0.6) is 11.6 Å². The first-order valence-corrected chi connectivity index (χ1v) is 12.0. The van der Waals surface area contributed by atoms with Gasteiger partial charge in [-0.25, -0.2) is 15.0 Å². The number of nitrogens with one attached hydrogen (secondary N) is 1. The second kappa shape index (κ2) is 9.50. The van der Waals surface area contributed by atoms with Gasteiger partial charge in [-0.15, -0.1) is 0 Å². The summed E-state index contributed by atoms with van der Waals surface area (Å²) in [6.45, 7) is 3.94. The van der Waals surface area contributed by atoms with Crippen LogP contribution in [0.4, 0.5) is 5.69 Å². The first-order valence-electron chi connectivity index (χ1n) is 11.6. The third-order valence-electron chi connectivity index (χ3n) is 6.75. The van der Waals surface area contributed by atoms with E-state index in [9.17, 15) is 4.79 Å². The number of ether oxygens (including phenoxy) is 1. The summed E-state index contributed by atoms with van der Waals surface area (Å²) in [5.41, 5.74) is 3.16. The highest BCUT2D eigenvalue weighted by Crippen LogP contribution is 2.42. The summed E-state index contributed by atoms with van der Waals surface area (Å²) in [6, 6.07) is 16.7. The molecular weight excluding hydrogens is 462 g/mol. The number of hydrogen-bond donors (Lipinski definition) is 1. The van der Waals surface area contributed by atoms with E-state index in [4.69, 9.17) is 16.3 Å². The Hall–Kier alpha value is -3.71. The van der Waals surface area contributed by atoms with E-state index in [1.807, 2.05) is 66.9 Å². The number of aryl methyl sites for hydroxylation is 1. The smallest absolute Gasteiger partial charge is 0.235 e. The molecule has 4 aromatic rings. The lowest BCUT2D eigenvalue weighted by Crippen LogP contribution is -2.37. The SMILES string of the molecule is Cc1ncn(-c2cc(Oc3ccc(NC(=O)C4(c5ccc(Cl)cc5)CCCC4)cc3)ncn2)c1C. The molecule has 0 aliphatic heterocycles. The van der Waals surface area contributed by atoms with Gasteiger partial charge < -0.3 is 10.1 Å². The number of amides is 1. The topological polar surface area (TPSA) is 81.9 Å². The lowest BCUT2D eigenvalue weighted by atomic mass is 9.78. The number of benzene rings is 2. The second-order valence-electron chi connectivity index (χ2n) is 8.88. The summed E-state index contributed by atoms with van der Waals surface area (Å²) in [5, 5.41) is 3.77. The molecule has 1 saturated carbocycles. The highest BCUT2D eigenvalue weighted by atomic mass is 35.5. The molecule has 0 radical (unpaired) electrons. The molecule has 2 heterocycles. The fourth-order valence-electron chi connectivity index (χ4n) is 4.62. The number of aromatic nitrogens is 4. The summed E-state index contributed by atoms with van der Waals surface area (Å²) < 4.78 is 7.83. The van der Waals surface area contributed by atoms with Crippen LogP contribution < -0.4 is 10.1 Å². The van der Waals surface area contributed by atoms with Gasteiger partial charge in [0.1, 0.15) is 24.2 Å². The molecule has 5 rings (SSSR count). The minimum absolute atomic E-state index is 0.0115. The molecule has 0 spiro atoms. The van der Waals surface area contributed by atoms with Crippen LogP contribution in [-0.4, -0.2) is 25.4 Å². The maximum absolute atomic E-state index is 13.4. The zero-order valence-electron chi connectivity index (χ0n) is 19.7. The van der Waals surface area contributed by atoms with Gasteiger partial charge in [0.05, 0.1) is 11.1 Å². The van der Waals surface area contributed by atoms with Crippen molar-refractivity contribution < 1.29 is 9.53 Å². The zero-order chi connectivity index (χ0) is 24.4. The maximum Gasteiger partial charge on any atom is 0.235 e. The average Bonchev–Trinajstić information content (AvgIpc) is 3.49. The summed E-state index contributed by atoms with van der Waals surface area (Å²) in [4.78, 5) is 26.3. The van der Waals surface area contributed by atoms with Crippen LogP contribution in [0.3, 0.4) is 0 Å². The monoisotopic (exact) mass is 487 g/mol. The van der Waals surface area contributed by atoms with Crippen LogP contribution in [0.2, 0.25) is 5.02 Å². The number of nitrogens with zero attached hydrogens (tertiary/aromatic N) is 4. The number of rotatable bonds is 6. The molecule has 8 heteroatoms. The number of anilines is 1. The van der Waals surface area contributed by atoms with E-state index in [2.05, 4.69) is 20.3 Å². The van der Waals surface area contributed by atoms with Crippen LogP contribution in [0.15, 0.2) is 67.3 Å². The van der Waals surface area contributed by atoms with Gasteiger partial charge in [0, 0.05) is 22.5 Å². The highest BCUT2D eigenvalue weighted by molar-refractivity contribution is 6.30. The van der Waals surface area contributed by atoms with Gasteiger partial charge in [0.25, 0.3) is 0 Å². The van der Waals surface area contributed by atoms with E-state index < -0.39 is 5.41 Å². The van der Waals surface area contributed by atoms with E-state index >= 15 is 0 Å². The van der Waals surface area contributed by atoms with Crippen LogP contribution in [0, 0.1) is 13.8 Å². The molecule has 0 unspecified atom stereocenters. The van der Waals surface area contributed by atoms with Crippen LogP contribution >= 0.6 is 11.6 Å². The largest absolute Gasteiger partial charge is 0.439 e. The molecule has 2 aromatic carbocycles. The lowest BCUT2D eigenvalue weighted by Gasteiger charge is -2.28. The Kier molecular flexibility index (Phi) is 6.26. The van der Waals surface area contributed by atoms with Gasteiger partial charge in [0.2, 0.25) is 11.8 Å². The van der Waals surface area contributed by atoms with Crippen molar-refractivity contribution in [1.29, 1.82) is 0 Å². The Labute approximate surface area is 209 Å². The predicted octanol–water partition coefficient (Wildman–Crippen LogP) is 6.18. The minimum atomic E-state index is -0.527. The summed E-state index contributed by atoms with van der Waals surface area (Å²) in [6.07, 6.45) is 6.91. The molecule has 178 valence electrons. The Balaban J connectivity index is 1.30. The molecule has 35 heavy (non-hydrogen) atoms. The Morgan fingerprint density at radius 2 is 1.71 bits per heavy atom. The molecular formula is C27H26ClN5O2. The second-order valence-corrected chi connectivity index (χ2v) is 9.31. The van der Waals surface area contributed by atoms with Crippen molar-refractivity contribution in [3.8, 4) is 17.4 Å². The third kappa shape index (κ3) is 4.64. The molecule has 0 saturated heterocycles. The van der Waals surface area contributed by atoms with Crippen molar-refractivity contribution in [2.75, 3.05) is 5.32 Å². The van der Waals surface area contributed by atoms with Crippen molar-refractivity contribution in [2.24, 2.45) is 0 Å². The van der Waals surface area contributed by atoms with Gasteiger partial charge in [-0.2, -0.15) is 0 Å². The number of imidazole rings is 1. The van der Waals surface area contributed by atoms with Crippen LogP contribution in [0.25, 0.3) is 5.82 Å². The number of hydrogen-bond acceptors (Lipinski definition) is 5. The van der Waals surface area contributed by atoms with Crippen molar-refractivity contribution >= 4 is 23.2 Å². The first kappa shape index (κ1) is 23.1. The van der Waals surface area contributed by atoms with E-state index in [-0.39, 0.29) is 5.91 Å². The molecule has 1 N–H and O–H groups in total. The molecule has 1 aliphatic carbocycles. The van der Waals surface area contributed by atoms with E-state index in [0.29, 0.717) is 22.5 Å². The van der Waals surface area contributed by atoms with Gasteiger partial charge in [0.15, 0.2) is 0 Å². The molecule has 1 fully saturated rings. The van der Waals surface area contributed by atoms with Crippen molar-refractivity contribution in [2.45, 2.75) is 44.9 Å². The van der Waals surface area contributed by atoms with Gasteiger partial charge in [-0.3, -0.25) is 9.36 Å². The number of halogens is 1. The predicted molar refractivity (Wildman–Crippen MR) is 135 cm³/mol. The summed E-state index contributed by atoms with van der Waals surface area (Å²) in [5.74, 6) is 1.73. The lowest BCUT2D eigenvalue weighted by molar-refractivity contribution is -0.121. The fourth-order valence-corrected chi connectivity index (χ4v) is 4.75. The van der Waals surface area contributed by atoms with Crippen molar-refractivity contribution in [3.05, 3.63) is 89.2 Å². The van der Waals surface area contributed by atoms with E-state index in [0.717, 1.165) is 48.3 Å². The van der Waals surface area contributed by atoms with Crippen molar-refractivity contribution in [1.82, 2.24) is 19.5 Å². The Morgan fingerprint density at radius 1 is 1.00 bits per heavy atom. The van der Waals surface area contributed by atoms with Gasteiger partial charge in [-0.1, -0.05) is 36.6 Å². The standard InChI is InChI=1S/C27H26ClN5O2/c1-18-19(2)33(17-31-18)24-15-25(30-16-29-24)35-23-11-9-22(10-12-23)32-26(34)27(13-3-4-14-27)20-5-7-21(28)8-6-20/h5-12,15-17H,3-4,13-14H2,1-2H3,(H,32,34). The Bertz CT molecular complexity index is 1340. The molecule has 1 aliphatic rings. The Morgan fingerprint density at radius 3 is 2.37 bits per heavy atom. The number of carbonyl (C=O) groups is 1. The number of carbonyl (C=O) groups excluding carboxylic acids is 1. The molecule has 2 aromatic heterocycles. The molecule has 0 bridgehead atoms. The summed E-state index contributed by atoms with van der Waals surface area (Å²) >= 11 is 6.07.